The van der Waals surface area contributed by atoms with Gasteiger partial charge in [0.15, 0.2) is 0 Å². The minimum atomic E-state index is 0.229. The SMILES string of the molecule is O=C(CCc1ccccc1)N1CCC(c2nc(-c3ccccc3)no2)CC1. The number of aromatic nitrogens is 2. The van der Waals surface area contributed by atoms with Gasteiger partial charge in [0.1, 0.15) is 0 Å². The molecule has 27 heavy (non-hydrogen) atoms. The van der Waals surface area contributed by atoms with E-state index in [1.165, 1.54) is 5.56 Å². The summed E-state index contributed by atoms with van der Waals surface area (Å²) in [5, 5.41) is 4.11. The van der Waals surface area contributed by atoms with Crippen molar-refractivity contribution in [2.75, 3.05) is 13.1 Å². The van der Waals surface area contributed by atoms with E-state index in [1.807, 2.05) is 53.4 Å². The normalized spacial score (nSPS) is 15.0. The van der Waals surface area contributed by atoms with Gasteiger partial charge >= 0.3 is 0 Å². The van der Waals surface area contributed by atoms with Gasteiger partial charge in [-0.3, -0.25) is 4.79 Å². The number of hydrogen-bond donors (Lipinski definition) is 0. The van der Waals surface area contributed by atoms with Crippen molar-refractivity contribution < 1.29 is 9.32 Å². The molecule has 1 saturated heterocycles. The number of aryl methyl sites for hydroxylation is 1. The number of nitrogens with zero attached hydrogens (tertiary/aromatic N) is 3. The Kier molecular flexibility index (Phi) is 5.28. The number of piperidine rings is 1. The Morgan fingerprint density at radius 1 is 1.00 bits per heavy atom. The quantitative estimate of drug-likeness (QED) is 0.687. The number of carbonyl (C=O) groups is 1. The smallest absolute Gasteiger partial charge is 0.230 e. The highest BCUT2D eigenvalue weighted by Gasteiger charge is 2.27. The second kappa shape index (κ2) is 8.16. The molecule has 1 aromatic heterocycles. The van der Waals surface area contributed by atoms with E-state index in [2.05, 4.69) is 22.3 Å². The number of amides is 1. The molecule has 5 nitrogen and oxygen atoms in total. The van der Waals surface area contributed by atoms with Crippen LogP contribution in [0, 0.1) is 0 Å². The summed E-state index contributed by atoms with van der Waals surface area (Å²) in [5.41, 5.74) is 2.17. The predicted molar refractivity (Wildman–Crippen MR) is 103 cm³/mol. The molecule has 0 radical (unpaired) electrons. The molecule has 2 aromatic carbocycles. The van der Waals surface area contributed by atoms with Crippen LogP contribution in [0.5, 0.6) is 0 Å². The standard InChI is InChI=1S/C22H23N3O2/c26-20(12-11-17-7-3-1-4-8-17)25-15-13-19(14-16-25)22-23-21(24-27-22)18-9-5-2-6-10-18/h1-10,19H,11-16H2. The van der Waals surface area contributed by atoms with Crippen molar-refractivity contribution in [2.45, 2.75) is 31.6 Å². The van der Waals surface area contributed by atoms with Gasteiger partial charge in [-0.05, 0) is 24.8 Å². The van der Waals surface area contributed by atoms with Crippen LogP contribution in [0.25, 0.3) is 11.4 Å². The highest BCUT2D eigenvalue weighted by molar-refractivity contribution is 5.76. The third-order valence-corrected chi connectivity index (χ3v) is 5.14. The zero-order valence-electron chi connectivity index (χ0n) is 15.3. The Hall–Kier alpha value is -2.95. The Morgan fingerprint density at radius 3 is 2.37 bits per heavy atom. The van der Waals surface area contributed by atoms with Gasteiger partial charge in [0.25, 0.3) is 0 Å². The van der Waals surface area contributed by atoms with Gasteiger partial charge in [0, 0.05) is 31.0 Å². The van der Waals surface area contributed by atoms with E-state index < -0.39 is 0 Å². The summed E-state index contributed by atoms with van der Waals surface area (Å²) in [6, 6.07) is 20.0. The maximum Gasteiger partial charge on any atom is 0.230 e. The van der Waals surface area contributed by atoms with Crippen LogP contribution >= 0.6 is 0 Å². The zero-order valence-corrected chi connectivity index (χ0v) is 15.3. The summed E-state index contributed by atoms with van der Waals surface area (Å²) in [6.45, 7) is 1.50. The molecule has 138 valence electrons. The molecule has 0 spiro atoms. The van der Waals surface area contributed by atoms with Crippen LogP contribution in [-0.4, -0.2) is 34.0 Å². The van der Waals surface area contributed by atoms with Crippen LogP contribution in [0.2, 0.25) is 0 Å². The van der Waals surface area contributed by atoms with E-state index >= 15 is 0 Å². The van der Waals surface area contributed by atoms with Gasteiger partial charge in [-0.25, -0.2) is 0 Å². The maximum absolute atomic E-state index is 12.5. The van der Waals surface area contributed by atoms with Gasteiger partial charge in [0.2, 0.25) is 17.6 Å². The summed E-state index contributed by atoms with van der Waals surface area (Å²) in [7, 11) is 0. The second-order valence-electron chi connectivity index (χ2n) is 6.96. The van der Waals surface area contributed by atoms with E-state index in [9.17, 15) is 4.79 Å². The van der Waals surface area contributed by atoms with E-state index in [1.54, 1.807) is 0 Å². The van der Waals surface area contributed by atoms with Crippen LogP contribution in [-0.2, 0) is 11.2 Å². The predicted octanol–water partition coefficient (Wildman–Crippen LogP) is 4.08. The van der Waals surface area contributed by atoms with Gasteiger partial charge in [-0.2, -0.15) is 4.98 Å². The average molecular weight is 361 g/mol. The van der Waals surface area contributed by atoms with E-state index in [0.29, 0.717) is 18.1 Å². The lowest BCUT2D eigenvalue weighted by Crippen LogP contribution is -2.38. The van der Waals surface area contributed by atoms with Crippen LogP contribution in [0.4, 0.5) is 0 Å². The molecule has 1 aliphatic heterocycles. The number of likely N-dealkylation sites (tertiary alicyclic amines) is 1. The molecule has 3 aromatic rings. The molecule has 5 heteroatoms. The van der Waals surface area contributed by atoms with Crippen molar-refractivity contribution in [3.63, 3.8) is 0 Å². The minimum absolute atomic E-state index is 0.229. The third-order valence-electron chi connectivity index (χ3n) is 5.14. The summed E-state index contributed by atoms with van der Waals surface area (Å²) >= 11 is 0. The number of hydrogen-bond acceptors (Lipinski definition) is 4. The van der Waals surface area contributed by atoms with E-state index in [-0.39, 0.29) is 11.8 Å². The Labute approximate surface area is 159 Å². The van der Waals surface area contributed by atoms with Gasteiger partial charge in [0.05, 0.1) is 0 Å². The number of benzene rings is 2. The van der Waals surface area contributed by atoms with Crippen LogP contribution < -0.4 is 0 Å². The molecular formula is C22H23N3O2. The monoisotopic (exact) mass is 361 g/mol. The van der Waals surface area contributed by atoms with Gasteiger partial charge < -0.3 is 9.42 Å². The highest BCUT2D eigenvalue weighted by atomic mass is 16.5. The van der Waals surface area contributed by atoms with E-state index in [0.717, 1.165) is 37.9 Å². The Morgan fingerprint density at radius 2 is 1.67 bits per heavy atom. The molecule has 1 aliphatic rings. The molecule has 1 amide bonds. The molecule has 0 bridgehead atoms. The maximum atomic E-state index is 12.5. The lowest BCUT2D eigenvalue weighted by atomic mass is 9.96. The Bertz CT molecular complexity index is 869. The molecule has 0 unspecified atom stereocenters. The van der Waals surface area contributed by atoms with Gasteiger partial charge in [-0.1, -0.05) is 65.8 Å². The fourth-order valence-electron chi connectivity index (χ4n) is 3.54. The molecule has 0 atom stereocenters. The van der Waals surface area contributed by atoms with Crippen molar-refractivity contribution in [1.82, 2.24) is 15.0 Å². The third kappa shape index (κ3) is 4.25. The number of carbonyl (C=O) groups excluding carboxylic acids is 1. The average Bonchev–Trinajstić information content (AvgIpc) is 3.24. The van der Waals surface area contributed by atoms with Crippen LogP contribution in [0.1, 0.15) is 36.6 Å². The first kappa shape index (κ1) is 17.5. The fourth-order valence-corrected chi connectivity index (χ4v) is 3.54. The van der Waals surface area contributed by atoms with Gasteiger partial charge in [-0.15, -0.1) is 0 Å². The molecule has 0 aliphatic carbocycles. The number of rotatable bonds is 5. The van der Waals surface area contributed by atoms with Crippen molar-refractivity contribution in [1.29, 1.82) is 0 Å². The second-order valence-corrected chi connectivity index (χ2v) is 6.96. The van der Waals surface area contributed by atoms with Crippen molar-refractivity contribution in [2.24, 2.45) is 0 Å². The molecule has 4 rings (SSSR count). The fraction of sp³-hybridized carbons (Fsp3) is 0.318. The minimum Gasteiger partial charge on any atom is -0.343 e. The molecule has 0 saturated carbocycles. The summed E-state index contributed by atoms with van der Waals surface area (Å²) < 4.78 is 5.50. The first-order valence-corrected chi connectivity index (χ1v) is 9.50. The molecular weight excluding hydrogens is 338 g/mol. The van der Waals surface area contributed by atoms with Crippen molar-refractivity contribution in [3.05, 3.63) is 72.1 Å². The van der Waals surface area contributed by atoms with Crippen molar-refractivity contribution >= 4 is 5.91 Å². The Balaban J connectivity index is 1.30. The van der Waals surface area contributed by atoms with Crippen LogP contribution in [0.3, 0.4) is 0 Å². The van der Waals surface area contributed by atoms with E-state index in [4.69, 9.17) is 4.52 Å². The molecule has 1 fully saturated rings. The van der Waals surface area contributed by atoms with Crippen LogP contribution in [0.15, 0.2) is 65.2 Å². The molecule has 0 N–H and O–H groups in total. The first-order chi connectivity index (χ1) is 13.3. The largest absolute Gasteiger partial charge is 0.343 e. The molecule has 2 heterocycles. The summed E-state index contributed by atoms with van der Waals surface area (Å²) in [4.78, 5) is 19.0. The lowest BCUT2D eigenvalue weighted by molar-refractivity contribution is -0.132. The lowest BCUT2D eigenvalue weighted by Gasteiger charge is -2.30. The van der Waals surface area contributed by atoms with Crippen molar-refractivity contribution in [3.8, 4) is 11.4 Å². The topological polar surface area (TPSA) is 59.2 Å². The summed E-state index contributed by atoms with van der Waals surface area (Å²) in [5.74, 6) is 1.78. The summed E-state index contributed by atoms with van der Waals surface area (Å²) in [6.07, 6.45) is 3.10. The zero-order chi connectivity index (χ0) is 18.5. The first-order valence-electron chi connectivity index (χ1n) is 9.50. The highest BCUT2D eigenvalue weighted by Crippen LogP contribution is 2.28.